The molecule has 0 N–H and O–H groups in total. The van der Waals surface area contributed by atoms with Gasteiger partial charge in [-0.1, -0.05) is 51.4 Å². The molecule has 110 valence electrons. The third kappa shape index (κ3) is 3.74. The van der Waals surface area contributed by atoms with E-state index in [-0.39, 0.29) is 0 Å². The molecule has 3 aliphatic carbocycles. The Bertz CT molecular complexity index is 265. The molecule has 0 aromatic rings. The second-order valence-corrected chi connectivity index (χ2v) is 7.59. The SMILES string of the molecule is CN(C1CCCCCCCC1)C1CCCC2CC2C1. The van der Waals surface area contributed by atoms with Crippen LogP contribution in [0.1, 0.15) is 83.5 Å². The first-order chi connectivity index (χ1) is 9.34. The van der Waals surface area contributed by atoms with Crippen molar-refractivity contribution < 1.29 is 0 Å². The fourth-order valence-corrected chi connectivity index (χ4v) is 4.72. The Morgan fingerprint density at radius 2 is 1.21 bits per heavy atom. The molecule has 3 aliphatic rings. The van der Waals surface area contributed by atoms with E-state index in [9.17, 15) is 0 Å². The summed E-state index contributed by atoms with van der Waals surface area (Å²) in [5, 5.41) is 0. The normalized spacial score (nSPS) is 37.9. The zero-order chi connectivity index (χ0) is 13.1. The molecule has 1 heteroatoms. The zero-order valence-electron chi connectivity index (χ0n) is 12.9. The van der Waals surface area contributed by atoms with Crippen LogP contribution < -0.4 is 0 Å². The van der Waals surface area contributed by atoms with Crippen molar-refractivity contribution in [2.24, 2.45) is 11.8 Å². The molecule has 3 saturated carbocycles. The second-order valence-electron chi connectivity index (χ2n) is 7.59. The van der Waals surface area contributed by atoms with Gasteiger partial charge in [-0.3, -0.25) is 0 Å². The molecule has 0 bridgehead atoms. The largest absolute Gasteiger partial charge is 0.300 e. The molecule has 0 aromatic heterocycles. The summed E-state index contributed by atoms with van der Waals surface area (Å²) in [6.45, 7) is 0. The van der Waals surface area contributed by atoms with Gasteiger partial charge in [-0.2, -0.15) is 0 Å². The summed E-state index contributed by atoms with van der Waals surface area (Å²) in [5.74, 6) is 2.25. The average molecular weight is 263 g/mol. The lowest BCUT2D eigenvalue weighted by Crippen LogP contribution is -2.40. The maximum absolute atomic E-state index is 2.83. The van der Waals surface area contributed by atoms with Gasteiger partial charge < -0.3 is 4.90 Å². The highest BCUT2D eigenvalue weighted by molar-refractivity contribution is 4.93. The van der Waals surface area contributed by atoms with E-state index in [0.29, 0.717) is 0 Å². The molecular formula is C18H33N. The van der Waals surface area contributed by atoms with Gasteiger partial charge in [0.2, 0.25) is 0 Å². The highest BCUT2D eigenvalue weighted by atomic mass is 15.2. The van der Waals surface area contributed by atoms with Gasteiger partial charge in [0, 0.05) is 12.1 Å². The van der Waals surface area contributed by atoms with Crippen LogP contribution >= 0.6 is 0 Å². The van der Waals surface area contributed by atoms with E-state index < -0.39 is 0 Å². The van der Waals surface area contributed by atoms with Gasteiger partial charge in [-0.25, -0.2) is 0 Å². The monoisotopic (exact) mass is 263 g/mol. The van der Waals surface area contributed by atoms with Gasteiger partial charge >= 0.3 is 0 Å². The van der Waals surface area contributed by atoms with Crippen LogP contribution in [0.2, 0.25) is 0 Å². The van der Waals surface area contributed by atoms with Crippen molar-refractivity contribution in [1.29, 1.82) is 0 Å². The minimum atomic E-state index is 0.901. The Balaban J connectivity index is 1.55. The maximum Gasteiger partial charge on any atom is 0.00978 e. The summed E-state index contributed by atoms with van der Waals surface area (Å²) in [6, 6.07) is 1.82. The van der Waals surface area contributed by atoms with E-state index >= 15 is 0 Å². The van der Waals surface area contributed by atoms with Crippen LogP contribution in [0.15, 0.2) is 0 Å². The zero-order valence-corrected chi connectivity index (χ0v) is 12.9. The van der Waals surface area contributed by atoms with Gasteiger partial charge in [0.1, 0.15) is 0 Å². The highest BCUT2D eigenvalue weighted by Crippen LogP contribution is 2.49. The maximum atomic E-state index is 2.83. The predicted octanol–water partition coefficient (Wildman–Crippen LogP) is 5.00. The van der Waals surface area contributed by atoms with Crippen LogP contribution in [0.25, 0.3) is 0 Å². The van der Waals surface area contributed by atoms with Crippen molar-refractivity contribution in [3.05, 3.63) is 0 Å². The van der Waals surface area contributed by atoms with E-state index in [0.717, 1.165) is 23.9 Å². The Labute approximate surface area is 120 Å². The number of hydrogen-bond donors (Lipinski definition) is 0. The molecule has 0 aliphatic heterocycles. The number of nitrogens with zero attached hydrogens (tertiary/aromatic N) is 1. The van der Waals surface area contributed by atoms with Gasteiger partial charge in [0.15, 0.2) is 0 Å². The molecule has 3 atom stereocenters. The fourth-order valence-electron chi connectivity index (χ4n) is 4.72. The minimum Gasteiger partial charge on any atom is -0.300 e. The lowest BCUT2D eigenvalue weighted by Gasteiger charge is -2.35. The lowest BCUT2D eigenvalue weighted by atomic mass is 9.98. The van der Waals surface area contributed by atoms with Crippen molar-refractivity contribution in [3.8, 4) is 0 Å². The third-order valence-corrected chi connectivity index (χ3v) is 6.23. The molecular weight excluding hydrogens is 230 g/mol. The average Bonchev–Trinajstić information content (AvgIpc) is 3.12. The van der Waals surface area contributed by atoms with Gasteiger partial charge in [-0.05, 0) is 51.0 Å². The molecule has 0 spiro atoms. The van der Waals surface area contributed by atoms with Gasteiger partial charge in [-0.15, -0.1) is 0 Å². The van der Waals surface area contributed by atoms with Crippen molar-refractivity contribution >= 4 is 0 Å². The molecule has 19 heavy (non-hydrogen) atoms. The first kappa shape index (κ1) is 13.9. The number of hydrogen-bond acceptors (Lipinski definition) is 1. The van der Waals surface area contributed by atoms with Crippen molar-refractivity contribution in [2.45, 2.75) is 95.6 Å². The smallest absolute Gasteiger partial charge is 0.00978 e. The minimum absolute atomic E-state index is 0.901. The van der Waals surface area contributed by atoms with E-state index in [1.54, 1.807) is 12.8 Å². The quantitative estimate of drug-likeness (QED) is 0.677. The summed E-state index contributed by atoms with van der Waals surface area (Å²) in [7, 11) is 2.45. The standard InChI is InChI=1S/C18H33N/c1-19(17-10-6-4-2-3-5-7-11-17)18-12-8-9-15-13-16(15)14-18/h15-18H,2-14H2,1H3. The Hall–Kier alpha value is -0.0400. The molecule has 3 unspecified atom stereocenters. The predicted molar refractivity (Wildman–Crippen MR) is 82.3 cm³/mol. The summed E-state index contributed by atoms with van der Waals surface area (Å²) in [6.07, 6.45) is 19.5. The third-order valence-electron chi connectivity index (χ3n) is 6.23. The van der Waals surface area contributed by atoms with Crippen molar-refractivity contribution in [2.75, 3.05) is 7.05 Å². The van der Waals surface area contributed by atoms with E-state index in [1.807, 2.05) is 0 Å². The van der Waals surface area contributed by atoms with Crippen LogP contribution in [0.4, 0.5) is 0 Å². The fraction of sp³-hybridized carbons (Fsp3) is 1.00. The molecule has 0 heterocycles. The molecule has 0 aromatic carbocycles. The summed E-state index contributed by atoms with van der Waals surface area (Å²) in [4.78, 5) is 2.83. The molecule has 3 rings (SSSR count). The highest BCUT2D eigenvalue weighted by Gasteiger charge is 2.41. The first-order valence-electron chi connectivity index (χ1n) is 9.06. The van der Waals surface area contributed by atoms with E-state index in [4.69, 9.17) is 0 Å². The first-order valence-corrected chi connectivity index (χ1v) is 9.06. The van der Waals surface area contributed by atoms with Crippen molar-refractivity contribution in [1.82, 2.24) is 4.90 Å². The van der Waals surface area contributed by atoms with E-state index in [1.165, 1.54) is 70.6 Å². The summed E-state index contributed by atoms with van der Waals surface area (Å²) < 4.78 is 0. The van der Waals surface area contributed by atoms with Gasteiger partial charge in [0.25, 0.3) is 0 Å². The van der Waals surface area contributed by atoms with E-state index in [2.05, 4.69) is 11.9 Å². The number of fused-ring (bicyclic) bond motifs is 1. The molecule has 1 nitrogen and oxygen atoms in total. The second kappa shape index (κ2) is 6.61. The van der Waals surface area contributed by atoms with Crippen molar-refractivity contribution in [3.63, 3.8) is 0 Å². The molecule has 3 fully saturated rings. The molecule has 0 saturated heterocycles. The topological polar surface area (TPSA) is 3.24 Å². The van der Waals surface area contributed by atoms with Crippen LogP contribution in [0.3, 0.4) is 0 Å². The lowest BCUT2D eigenvalue weighted by molar-refractivity contribution is 0.135. The Morgan fingerprint density at radius 3 is 1.95 bits per heavy atom. The number of rotatable bonds is 2. The summed E-state index contributed by atoms with van der Waals surface area (Å²) >= 11 is 0. The van der Waals surface area contributed by atoms with Crippen LogP contribution in [0, 0.1) is 11.8 Å². The Kier molecular flexibility index (Phi) is 4.84. The van der Waals surface area contributed by atoms with Crippen LogP contribution in [-0.2, 0) is 0 Å². The van der Waals surface area contributed by atoms with Gasteiger partial charge in [0.05, 0.1) is 0 Å². The Morgan fingerprint density at radius 1 is 0.579 bits per heavy atom. The summed E-state index contributed by atoms with van der Waals surface area (Å²) in [5.41, 5.74) is 0. The molecule has 0 radical (unpaired) electrons. The van der Waals surface area contributed by atoms with Crippen LogP contribution in [0.5, 0.6) is 0 Å². The molecule has 0 amide bonds. The van der Waals surface area contributed by atoms with Crippen LogP contribution in [-0.4, -0.2) is 24.0 Å².